The number of hydrogen-bond acceptors (Lipinski definition) is 4. The van der Waals surface area contributed by atoms with Crippen molar-refractivity contribution in [2.45, 2.75) is 25.0 Å². The minimum absolute atomic E-state index is 0.0557. The summed E-state index contributed by atoms with van der Waals surface area (Å²) in [6.07, 6.45) is 2.42. The van der Waals surface area contributed by atoms with E-state index in [1.54, 1.807) is 24.1 Å². The van der Waals surface area contributed by atoms with E-state index in [0.717, 1.165) is 5.56 Å². The molecule has 2 heterocycles. The highest BCUT2D eigenvalue weighted by Crippen LogP contribution is 2.31. The van der Waals surface area contributed by atoms with Gasteiger partial charge in [0.1, 0.15) is 17.6 Å². The van der Waals surface area contributed by atoms with E-state index in [1.165, 1.54) is 24.4 Å². The number of halogens is 2. The van der Waals surface area contributed by atoms with Crippen molar-refractivity contribution < 1.29 is 13.9 Å². The third-order valence-electron chi connectivity index (χ3n) is 4.54. The fraction of sp³-hybridized carbons (Fsp3) is 0.316. The van der Waals surface area contributed by atoms with Gasteiger partial charge in [0.15, 0.2) is 0 Å². The lowest BCUT2D eigenvalue weighted by Gasteiger charge is -2.35. The first kappa shape index (κ1) is 18.3. The fourth-order valence-corrected chi connectivity index (χ4v) is 3.28. The Kier molecular flexibility index (Phi) is 5.50. The van der Waals surface area contributed by atoms with Gasteiger partial charge in [0, 0.05) is 25.9 Å². The first-order chi connectivity index (χ1) is 12.5. The van der Waals surface area contributed by atoms with E-state index in [-0.39, 0.29) is 34.6 Å². The van der Waals surface area contributed by atoms with Crippen LogP contribution >= 0.6 is 11.6 Å². The smallest absolute Gasteiger partial charge is 0.273 e. The highest BCUT2D eigenvalue weighted by molar-refractivity contribution is 6.33. The van der Waals surface area contributed by atoms with E-state index >= 15 is 0 Å². The summed E-state index contributed by atoms with van der Waals surface area (Å²) in [7, 11) is 1.70. The number of amides is 1. The molecule has 0 saturated carbocycles. The van der Waals surface area contributed by atoms with E-state index in [0.29, 0.717) is 25.0 Å². The molecule has 2 atom stereocenters. The van der Waals surface area contributed by atoms with Crippen molar-refractivity contribution in [1.82, 2.24) is 9.88 Å². The summed E-state index contributed by atoms with van der Waals surface area (Å²) in [6.45, 7) is 0.499. The quantitative estimate of drug-likeness (QED) is 0.822. The predicted octanol–water partition coefficient (Wildman–Crippen LogP) is 3.74. The molecule has 0 bridgehead atoms. The average molecular weight is 374 g/mol. The zero-order chi connectivity index (χ0) is 18.7. The summed E-state index contributed by atoms with van der Waals surface area (Å²) in [5.74, 6) is -0.598. The first-order valence-corrected chi connectivity index (χ1v) is 8.57. The molecule has 2 unspecified atom stereocenters. The van der Waals surface area contributed by atoms with Gasteiger partial charge in [-0.2, -0.15) is 5.26 Å². The monoisotopic (exact) mass is 373 g/mol. The molecule has 2 aromatic rings. The number of benzene rings is 1. The molecule has 0 aliphatic carbocycles. The van der Waals surface area contributed by atoms with E-state index in [4.69, 9.17) is 21.6 Å². The molecule has 0 radical (unpaired) electrons. The largest absolute Gasteiger partial charge is 0.373 e. The van der Waals surface area contributed by atoms with Gasteiger partial charge in [0.05, 0.1) is 16.7 Å². The molecule has 7 heteroatoms. The van der Waals surface area contributed by atoms with Crippen molar-refractivity contribution in [1.29, 1.82) is 5.26 Å². The highest BCUT2D eigenvalue weighted by atomic mass is 35.5. The van der Waals surface area contributed by atoms with Gasteiger partial charge in [0.25, 0.3) is 5.91 Å². The van der Waals surface area contributed by atoms with Gasteiger partial charge in [-0.1, -0.05) is 23.7 Å². The lowest BCUT2D eigenvalue weighted by atomic mass is 9.96. The van der Waals surface area contributed by atoms with Crippen LogP contribution in [0.1, 0.15) is 40.6 Å². The number of pyridine rings is 1. The number of rotatable bonds is 3. The fourth-order valence-electron chi connectivity index (χ4n) is 3.03. The van der Waals surface area contributed by atoms with Crippen LogP contribution in [0, 0.1) is 17.1 Å². The summed E-state index contributed by atoms with van der Waals surface area (Å²) in [5, 5.41) is 9.03. The van der Waals surface area contributed by atoms with Gasteiger partial charge >= 0.3 is 0 Å². The first-order valence-electron chi connectivity index (χ1n) is 8.19. The summed E-state index contributed by atoms with van der Waals surface area (Å²) >= 11 is 6.10. The van der Waals surface area contributed by atoms with Gasteiger partial charge in [-0.15, -0.1) is 0 Å². The van der Waals surface area contributed by atoms with Crippen molar-refractivity contribution in [2.75, 3.05) is 13.7 Å². The zero-order valence-electron chi connectivity index (χ0n) is 14.2. The van der Waals surface area contributed by atoms with E-state index in [9.17, 15) is 9.18 Å². The Morgan fingerprint density at radius 3 is 2.81 bits per heavy atom. The van der Waals surface area contributed by atoms with Crippen LogP contribution in [0.25, 0.3) is 0 Å². The SMILES string of the molecule is CN(C(=O)c1ncc(C#N)cc1Cl)C1CCOC(c2ccc(F)cc2)C1. The summed E-state index contributed by atoms with van der Waals surface area (Å²) in [4.78, 5) is 18.4. The number of carbonyl (C=O) groups is 1. The molecule has 0 N–H and O–H groups in total. The lowest BCUT2D eigenvalue weighted by Crippen LogP contribution is -2.41. The van der Waals surface area contributed by atoms with Crippen molar-refractivity contribution in [3.8, 4) is 6.07 Å². The van der Waals surface area contributed by atoms with Gasteiger partial charge in [-0.25, -0.2) is 9.37 Å². The maximum Gasteiger partial charge on any atom is 0.273 e. The Morgan fingerprint density at radius 1 is 1.42 bits per heavy atom. The number of nitriles is 1. The normalized spacial score (nSPS) is 19.6. The number of ether oxygens (including phenoxy) is 1. The molecule has 3 rings (SSSR count). The van der Waals surface area contributed by atoms with Gasteiger partial charge in [-0.05, 0) is 36.6 Å². The maximum absolute atomic E-state index is 13.1. The van der Waals surface area contributed by atoms with Crippen LogP contribution in [0.4, 0.5) is 4.39 Å². The highest BCUT2D eigenvalue weighted by Gasteiger charge is 2.30. The van der Waals surface area contributed by atoms with Crippen LogP contribution in [0.3, 0.4) is 0 Å². The molecule has 1 aliphatic heterocycles. The van der Waals surface area contributed by atoms with Crippen LogP contribution in [0.2, 0.25) is 5.02 Å². The van der Waals surface area contributed by atoms with Crippen molar-refractivity contribution >= 4 is 17.5 Å². The van der Waals surface area contributed by atoms with Gasteiger partial charge in [0.2, 0.25) is 0 Å². The van der Waals surface area contributed by atoms with E-state index in [1.807, 2.05) is 6.07 Å². The van der Waals surface area contributed by atoms with Crippen molar-refractivity contribution in [3.63, 3.8) is 0 Å². The third-order valence-corrected chi connectivity index (χ3v) is 4.83. The molecule has 1 aromatic carbocycles. The Labute approximate surface area is 156 Å². The number of nitrogens with zero attached hydrogens (tertiary/aromatic N) is 3. The van der Waals surface area contributed by atoms with Crippen LogP contribution in [0.15, 0.2) is 36.5 Å². The average Bonchev–Trinajstić information content (AvgIpc) is 2.67. The molecule has 1 aromatic heterocycles. The number of aromatic nitrogens is 1. The third kappa shape index (κ3) is 3.85. The van der Waals surface area contributed by atoms with Crippen LogP contribution < -0.4 is 0 Å². The Morgan fingerprint density at radius 2 is 2.15 bits per heavy atom. The van der Waals surface area contributed by atoms with Gasteiger partial charge in [-0.3, -0.25) is 4.79 Å². The van der Waals surface area contributed by atoms with Gasteiger partial charge < -0.3 is 9.64 Å². The summed E-state index contributed by atoms with van der Waals surface area (Å²) in [6, 6.07) is 9.51. The topological polar surface area (TPSA) is 66.2 Å². The molecular weight excluding hydrogens is 357 g/mol. The van der Waals surface area contributed by atoms with E-state index < -0.39 is 0 Å². The molecule has 26 heavy (non-hydrogen) atoms. The maximum atomic E-state index is 13.1. The number of hydrogen-bond donors (Lipinski definition) is 0. The van der Waals surface area contributed by atoms with Crippen LogP contribution in [-0.2, 0) is 4.74 Å². The molecule has 0 spiro atoms. The molecular formula is C19H17ClFN3O2. The lowest BCUT2D eigenvalue weighted by molar-refractivity contribution is -0.0198. The van der Waals surface area contributed by atoms with Crippen LogP contribution in [0.5, 0.6) is 0 Å². The molecule has 1 fully saturated rings. The number of carbonyl (C=O) groups excluding carboxylic acids is 1. The molecule has 1 saturated heterocycles. The molecule has 5 nitrogen and oxygen atoms in total. The summed E-state index contributed by atoms with van der Waals surface area (Å²) < 4.78 is 18.9. The molecule has 1 aliphatic rings. The van der Waals surface area contributed by atoms with Crippen LogP contribution in [-0.4, -0.2) is 35.5 Å². The standard InChI is InChI=1S/C19H17ClFN3O2/c1-24(19(25)18-16(20)8-12(10-22)11-23-18)15-6-7-26-17(9-15)13-2-4-14(21)5-3-13/h2-5,8,11,15,17H,6-7,9H2,1H3. The van der Waals surface area contributed by atoms with E-state index in [2.05, 4.69) is 4.98 Å². The summed E-state index contributed by atoms with van der Waals surface area (Å²) in [5.41, 5.74) is 1.31. The second-order valence-electron chi connectivity index (χ2n) is 6.17. The van der Waals surface area contributed by atoms with Crippen molar-refractivity contribution in [2.24, 2.45) is 0 Å². The predicted molar refractivity (Wildman–Crippen MR) is 94.2 cm³/mol. The minimum atomic E-state index is -0.302. The Bertz CT molecular complexity index is 851. The molecule has 134 valence electrons. The second-order valence-corrected chi connectivity index (χ2v) is 6.58. The van der Waals surface area contributed by atoms with Crippen molar-refractivity contribution in [3.05, 3.63) is 64.2 Å². The Hall–Kier alpha value is -2.49. The molecule has 1 amide bonds. The zero-order valence-corrected chi connectivity index (χ0v) is 14.9. The second kappa shape index (κ2) is 7.81. The minimum Gasteiger partial charge on any atom is -0.373 e. The Balaban J connectivity index is 1.74.